The fourth-order valence-corrected chi connectivity index (χ4v) is 3.44. The van der Waals surface area contributed by atoms with Gasteiger partial charge < -0.3 is 4.74 Å². The highest BCUT2D eigenvalue weighted by Crippen LogP contribution is 2.38. The Morgan fingerprint density at radius 2 is 1.86 bits per heavy atom. The molecule has 0 aromatic heterocycles. The van der Waals surface area contributed by atoms with E-state index in [1.54, 1.807) is 7.11 Å². The molecule has 110 valence electrons. The highest BCUT2D eigenvalue weighted by atomic mass is 35.5. The third-order valence-corrected chi connectivity index (χ3v) is 4.50. The van der Waals surface area contributed by atoms with Crippen molar-refractivity contribution in [2.24, 2.45) is 11.8 Å². The number of benzene rings is 2. The number of nitrogens with two attached hydrogens (primary N) is 1. The Kier molecular flexibility index (Phi) is 4.15. The summed E-state index contributed by atoms with van der Waals surface area (Å²) in [6.45, 7) is 0. The fraction of sp³-hybridized carbons (Fsp3) is 0.294. The van der Waals surface area contributed by atoms with Crippen molar-refractivity contribution in [2.75, 3.05) is 7.11 Å². The van der Waals surface area contributed by atoms with Gasteiger partial charge in [-0.2, -0.15) is 0 Å². The van der Waals surface area contributed by atoms with Crippen LogP contribution in [0.5, 0.6) is 5.75 Å². The molecule has 4 heteroatoms. The van der Waals surface area contributed by atoms with Gasteiger partial charge in [-0.1, -0.05) is 35.9 Å². The first-order valence-electron chi connectivity index (χ1n) is 7.09. The number of fused-ring (bicyclic) bond motifs is 1. The Hall–Kier alpha value is -1.55. The quantitative estimate of drug-likeness (QED) is 0.673. The summed E-state index contributed by atoms with van der Waals surface area (Å²) in [5.74, 6) is 7.06. The van der Waals surface area contributed by atoms with E-state index in [0.29, 0.717) is 10.9 Å². The predicted octanol–water partition coefficient (Wildman–Crippen LogP) is 3.27. The largest absolute Gasteiger partial charge is 0.496 e. The Labute approximate surface area is 130 Å². The molecular weight excluding hydrogens is 284 g/mol. The molecule has 3 nitrogen and oxygen atoms in total. The highest BCUT2D eigenvalue weighted by Gasteiger charge is 2.30. The second-order valence-corrected chi connectivity index (χ2v) is 5.90. The van der Waals surface area contributed by atoms with Crippen LogP contribution in [-0.4, -0.2) is 7.11 Å². The average molecular weight is 303 g/mol. The van der Waals surface area contributed by atoms with Gasteiger partial charge in [0.1, 0.15) is 5.75 Å². The van der Waals surface area contributed by atoms with Gasteiger partial charge in [-0.05, 0) is 48.1 Å². The number of hydrogen-bond donors (Lipinski definition) is 2. The van der Waals surface area contributed by atoms with E-state index in [0.717, 1.165) is 24.2 Å². The van der Waals surface area contributed by atoms with Crippen molar-refractivity contribution in [3.8, 4) is 5.75 Å². The molecular formula is C17H19ClN2O. The first-order valence-corrected chi connectivity index (χ1v) is 7.47. The summed E-state index contributed by atoms with van der Waals surface area (Å²) in [6.07, 6.45) is 2.03. The summed E-state index contributed by atoms with van der Waals surface area (Å²) in [7, 11) is 1.67. The lowest BCUT2D eigenvalue weighted by Gasteiger charge is -2.25. The van der Waals surface area contributed by atoms with E-state index in [4.69, 9.17) is 22.2 Å². The van der Waals surface area contributed by atoms with E-state index in [2.05, 4.69) is 29.7 Å². The van der Waals surface area contributed by atoms with E-state index in [1.807, 2.05) is 18.2 Å². The maximum atomic E-state index is 6.15. The van der Waals surface area contributed by atoms with Crippen LogP contribution in [0.4, 0.5) is 0 Å². The minimum atomic E-state index is 0.0195. The first kappa shape index (κ1) is 14.4. The smallest absolute Gasteiger partial charge is 0.123 e. The molecule has 0 amide bonds. The van der Waals surface area contributed by atoms with Gasteiger partial charge >= 0.3 is 0 Å². The summed E-state index contributed by atoms with van der Waals surface area (Å²) in [4.78, 5) is 0. The number of rotatable bonds is 4. The van der Waals surface area contributed by atoms with Crippen molar-refractivity contribution in [1.82, 2.24) is 5.43 Å². The van der Waals surface area contributed by atoms with Gasteiger partial charge in [-0.3, -0.25) is 11.3 Å². The molecule has 0 saturated heterocycles. The Morgan fingerprint density at radius 1 is 1.19 bits per heavy atom. The summed E-state index contributed by atoms with van der Waals surface area (Å²) in [6, 6.07) is 14.2. The van der Waals surface area contributed by atoms with Crippen LogP contribution >= 0.6 is 11.6 Å². The van der Waals surface area contributed by atoms with Gasteiger partial charge in [-0.25, -0.2) is 0 Å². The standard InChI is InChI=1S/C17H19ClN2O/c1-21-16-7-6-14(18)10-15(16)17(20-19)13-8-11-4-2-3-5-12(11)9-13/h2-7,10,13,17,20H,8-9,19H2,1H3. The maximum Gasteiger partial charge on any atom is 0.123 e. The van der Waals surface area contributed by atoms with E-state index in [-0.39, 0.29) is 6.04 Å². The second-order valence-electron chi connectivity index (χ2n) is 5.47. The topological polar surface area (TPSA) is 47.3 Å². The lowest BCUT2D eigenvalue weighted by molar-refractivity contribution is 0.352. The highest BCUT2D eigenvalue weighted by molar-refractivity contribution is 6.30. The molecule has 1 atom stereocenters. The van der Waals surface area contributed by atoms with Crippen LogP contribution in [-0.2, 0) is 12.8 Å². The zero-order chi connectivity index (χ0) is 14.8. The van der Waals surface area contributed by atoms with Crippen molar-refractivity contribution in [3.05, 3.63) is 64.2 Å². The minimum Gasteiger partial charge on any atom is -0.496 e. The molecule has 1 unspecified atom stereocenters. The molecule has 2 aromatic carbocycles. The number of ether oxygens (including phenoxy) is 1. The van der Waals surface area contributed by atoms with E-state index in [1.165, 1.54) is 11.1 Å². The molecule has 1 aliphatic rings. The van der Waals surface area contributed by atoms with Crippen LogP contribution in [0, 0.1) is 5.92 Å². The van der Waals surface area contributed by atoms with Crippen LogP contribution in [0.1, 0.15) is 22.7 Å². The van der Waals surface area contributed by atoms with Crippen molar-refractivity contribution >= 4 is 11.6 Å². The minimum absolute atomic E-state index is 0.0195. The van der Waals surface area contributed by atoms with E-state index in [9.17, 15) is 0 Å². The Bertz CT molecular complexity index is 619. The lowest BCUT2D eigenvalue weighted by Crippen LogP contribution is -2.34. The van der Waals surface area contributed by atoms with Gasteiger partial charge in [0, 0.05) is 10.6 Å². The Morgan fingerprint density at radius 3 is 2.43 bits per heavy atom. The predicted molar refractivity (Wildman–Crippen MR) is 85.4 cm³/mol. The third-order valence-electron chi connectivity index (χ3n) is 4.26. The molecule has 0 saturated carbocycles. The lowest BCUT2D eigenvalue weighted by atomic mass is 9.90. The van der Waals surface area contributed by atoms with Crippen molar-refractivity contribution < 1.29 is 4.74 Å². The van der Waals surface area contributed by atoms with E-state index < -0.39 is 0 Å². The molecule has 0 bridgehead atoms. The van der Waals surface area contributed by atoms with Crippen LogP contribution in [0.3, 0.4) is 0 Å². The second kappa shape index (κ2) is 6.06. The van der Waals surface area contributed by atoms with Crippen molar-refractivity contribution in [2.45, 2.75) is 18.9 Å². The van der Waals surface area contributed by atoms with Crippen LogP contribution in [0.15, 0.2) is 42.5 Å². The number of halogens is 1. The summed E-state index contributed by atoms with van der Waals surface area (Å²) in [5.41, 5.74) is 6.79. The average Bonchev–Trinajstić information content (AvgIpc) is 2.92. The SMILES string of the molecule is COc1ccc(Cl)cc1C(NN)C1Cc2ccccc2C1. The number of hydrazine groups is 1. The summed E-state index contributed by atoms with van der Waals surface area (Å²) < 4.78 is 5.47. The monoisotopic (exact) mass is 302 g/mol. The fourth-order valence-electron chi connectivity index (χ4n) is 3.26. The van der Waals surface area contributed by atoms with Gasteiger partial charge in [0.15, 0.2) is 0 Å². The molecule has 3 rings (SSSR count). The van der Waals surface area contributed by atoms with Crippen molar-refractivity contribution in [1.29, 1.82) is 0 Å². The molecule has 21 heavy (non-hydrogen) atoms. The molecule has 0 fully saturated rings. The van der Waals surface area contributed by atoms with Gasteiger partial charge in [-0.15, -0.1) is 0 Å². The van der Waals surface area contributed by atoms with Gasteiger partial charge in [0.25, 0.3) is 0 Å². The first-order chi connectivity index (χ1) is 10.2. The Balaban J connectivity index is 1.92. The molecule has 2 aromatic rings. The molecule has 1 aliphatic carbocycles. The van der Waals surface area contributed by atoms with Crippen molar-refractivity contribution in [3.63, 3.8) is 0 Å². The van der Waals surface area contributed by atoms with Crippen LogP contribution < -0.4 is 16.0 Å². The van der Waals surface area contributed by atoms with Gasteiger partial charge in [0.2, 0.25) is 0 Å². The zero-order valence-electron chi connectivity index (χ0n) is 12.0. The molecule has 0 heterocycles. The number of nitrogens with one attached hydrogen (secondary N) is 1. The van der Waals surface area contributed by atoms with E-state index >= 15 is 0 Å². The van der Waals surface area contributed by atoms with Crippen LogP contribution in [0.2, 0.25) is 5.02 Å². The molecule has 0 radical (unpaired) electrons. The maximum absolute atomic E-state index is 6.15. The van der Waals surface area contributed by atoms with Gasteiger partial charge in [0.05, 0.1) is 13.2 Å². The molecule has 0 aliphatic heterocycles. The number of hydrogen-bond acceptors (Lipinski definition) is 3. The summed E-state index contributed by atoms with van der Waals surface area (Å²) >= 11 is 6.15. The zero-order valence-corrected chi connectivity index (χ0v) is 12.7. The third kappa shape index (κ3) is 2.77. The number of methoxy groups -OCH3 is 1. The molecule has 3 N–H and O–H groups in total. The molecule has 0 spiro atoms. The normalized spacial score (nSPS) is 15.8. The summed E-state index contributed by atoms with van der Waals surface area (Å²) in [5, 5.41) is 0.696. The van der Waals surface area contributed by atoms with Crippen LogP contribution in [0.25, 0.3) is 0 Å².